The Kier molecular flexibility index (Phi) is 6.24. The lowest BCUT2D eigenvalue weighted by Gasteiger charge is -2.08. The predicted octanol–water partition coefficient (Wildman–Crippen LogP) is 4.22. The Morgan fingerprint density at radius 1 is 0.968 bits per heavy atom. The molecule has 0 radical (unpaired) electrons. The highest BCUT2D eigenvalue weighted by atomic mass is 35.5. The SMILES string of the molecule is O=C(CCCNC(=O)c1ccc(Cl)cc1)Nc1ccc(-n2cnc3ccccc32)nc1. The van der Waals surface area contributed by atoms with Crippen LogP contribution in [0.25, 0.3) is 16.9 Å². The lowest BCUT2D eigenvalue weighted by molar-refractivity contribution is -0.116. The second-order valence-electron chi connectivity index (χ2n) is 6.92. The third kappa shape index (κ3) is 5.07. The summed E-state index contributed by atoms with van der Waals surface area (Å²) in [6.07, 6.45) is 4.15. The second kappa shape index (κ2) is 9.40. The van der Waals surface area contributed by atoms with Gasteiger partial charge in [-0.05, 0) is 55.0 Å². The molecule has 31 heavy (non-hydrogen) atoms. The molecule has 0 aliphatic rings. The summed E-state index contributed by atoms with van der Waals surface area (Å²) < 4.78 is 1.89. The Morgan fingerprint density at radius 2 is 1.77 bits per heavy atom. The number of imidazole rings is 1. The highest BCUT2D eigenvalue weighted by molar-refractivity contribution is 6.30. The number of halogens is 1. The maximum atomic E-state index is 12.2. The molecule has 2 aromatic heterocycles. The zero-order valence-electron chi connectivity index (χ0n) is 16.6. The molecule has 2 amide bonds. The zero-order chi connectivity index (χ0) is 21.6. The summed E-state index contributed by atoms with van der Waals surface area (Å²) in [4.78, 5) is 33.0. The number of amides is 2. The largest absolute Gasteiger partial charge is 0.352 e. The number of para-hydroxylation sites is 2. The third-order valence-corrected chi connectivity index (χ3v) is 4.96. The Hall–Kier alpha value is -3.71. The summed E-state index contributed by atoms with van der Waals surface area (Å²) in [6.45, 7) is 0.403. The van der Waals surface area contributed by atoms with E-state index < -0.39 is 0 Å². The van der Waals surface area contributed by atoms with Gasteiger partial charge in [0, 0.05) is 23.6 Å². The fourth-order valence-electron chi connectivity index (χ4n) is 3.12. The standard InChI is InChI=1S/C23H20ClN5O2/c24-17-9-7-16(8-10-17)23(31)25-13-3-6-22(30)28-18-11-12-21(26-14-18)29-15-27-19-4-1-2-5-20(19)29/h1-2,4-5,7-12,14-15H,3,6,13H2,(H,25,31)(H,28,30). The average molecular weight is 434 g/mol. The van der Waals surface area contributed by atoms with Crippen LogP contribution < -0.4 is 10.6 Å². The summed E-state index contributed by atoms with van der Waals surface area (Å²) in [7, 11) is 0. The number of fused-ring (bicyclic) bond motifs is 1. The van der Waals surface area contributed by atoms with Gasteiger partial charge < -0.3 is 10.6 Å². The van der Waals surface area contributed by atoms with Gasteiger partial charge in [-0.3, -0.25) is 14.2 Å². The van der Waals surface area contributed by atoms with E-state index in [0.717, 1.165) is 16.9 Å². The number of nitrogens with zero attached hydrogens (tertiary/aromatic N) is 3. The van der Waals surface area contributed by atoms with Gasteiger partial charge in [0.2, 0.25) is 5.91 Å². The Morgan fingerprint density at radius 3 is 2.55 bits per heavy atom. The normalized spacial score (nSPS) is 10.7. The number of benzene rings is 2. The lowest BCUT2D eigenvalue weighted by atomic mass is 10.2. The molecule has 4 rings (SSSR count). The number of hydrogen-bond acceptors (Lipinski definition) is 4. The van der Waals surface area contributed by atoms with E-state index in [1.54, 1.807) is 42.9 Å². The number of carbonyl (C=O) groups excluding carboxylic acids is 2. The molecule has 8 heteroatoms. The fourth-order valence-corrected chi connectivity index (χ4v) is 3.25. The summed E-state index contributed by atoms with van der Waals surface area (Å²) in [5.74, 6) is 0.392. The van der Waals surface area contributed by atoms with Crippen molar-refractivity contribution in [2.45, 2.75) is 12.8 Å². The summed E-state index contributed by atoms with van der Waals surface area (Å²) in [5, 5.41) is 6.19. The molecule has 0 spiro atoms. The average Bonchev–Trinajstić information content (AvgIpc) is 3.22. The van der Waals surface area contributed by atoms with Crippen molar-refractivity contribution in [1.29, 1.82) is 0 Å². The van der Waals surface area contributed by atoms with E-state index in [2.05, 4.69) is 20.6 Å². The first kappa shape index (κ1) is 20.6. The molecule has 4 aromatic rings. The summed E-state index contributed by atoms with van der Waals surface area (Å²) >= 11 is 5.82. The fraction of sp³-hybridized carbons (Fsp3) is 0.130. The zero-order valence-corrected chi connectivity index (χ0v) is 17.3. The molecule has 2 aromatic carbocycles. The van der Waals surface area contributed by atoms with Crippen LogP contribution >= 0.6 is 11.6 Å². The molecule has 0 saturated carbocycles. The molecule has 156 valence electrons. The van der Waals surface area contributed by atoms with Crippen LogP contribution in [0.5, 0.6) is 0 Å². The molecular weight excluding hydrogens is 414 g/mol. The van der Waals surface area contributed by atoms with Crippen molar-refractivity contribution in [2.24, 2.45) is 0 Å². The first-order valence-corrected chi connectivity index (χ1v) is 10.2. The predicted molar refractivity (Wildman–Crippen MR) is 121 cm³/mol. The maximum absolute atomic E-state index is 12.2. The van der Waals surface area contributed by atoms with Crippen LogP contribution in [0.15, 0.2) is 73.2 Å². The van der Waals surface area contributed by atoms with E-state index in [1.807, 2.05) is 34.9 Å². The van der Waals surface area contributed by atoms with E-state index in [9.17, 15) is 9.59 Å². The minimum absolute atomic E-state index is 0.136. The van der Waals surface area contributed by atoms with Crippen LogP contribution in [-0.2, 0) is 4.79 Å². The molecule has 2 heterocycles. The molecular formula is C23H20ClN5O2. The van der Waals surface area contributed by atoms with Crippen LogP contribution in [0, 0.1) is 0 Å². The Bertz CT molecular complexity index is 1200. The Balaban J connectivity index is 1.25. The van der Waals surface area contributed by atoms with E-state index >= 15 is 0 Å². The van der Waals surface area contributed by atoms with Gasteiger partial charge in [-0.2, -0.15) is 0 Å². The van der Waals surface area contributed by atoms with Gasteiger partial charge in [0.1, 0.15) is 12.1 Å². The number of nitrogens with one attached hydrogen (secondary N) is 2. The topological polar surface area (TPSA) is 88.9 Å². The number of rotatable bonds is 7. The molecule has 0 bridgehead atoms. The maximum Gasteiger partial charge on any atom is 0.251 e. The number of anilines is 1. The molecule has 2 N–H and O–H groups in total. The number of hydrogen-bond donors (Lipinski definition) is 2. The highest BCUT2D eigenvalue weighted by Gasteiger charge is 2.08. The van der Waals surface area contributed by atoms with Crippen molar-refractivity contribution in [1.82, 2.24) is 19.9 Å². The van der Waals surface area contributed by atoms with Gasteiger partial charge in [-0.25, -0.2) is 9.97 Å². The van der Waals surface area contributed by atoms with E-state index in [-0.39, 0.29) is 18.2 Å². The number of carbonyl (C=O) groups is 2. The summed E-state index contributed by atoms with van der Waals surface area (Å²) in [5.41, 5.74) is 3.01. The third-order valence-electron chi connectivity index (χ3n) is 4.70. The van der Waals surface area contributed by atoms with E-state index in [1.165, 1.54) is 0 Å². The van der Waals surface area contributed by atoms with Crippen LogP contribution in [0.2, 0.25) is 5.02 Å². The molecule has 0 atom stereocenters. The van der Waals surface area contributed by atoms with Crippen LogP contribution in [-0.4, -0.2) is 32.9 Å². The van der Waals surface area contributed by atoms with Crippen molar-refractivity contribution in [3.05, 3.63) is 83.8 Å². The van der Waals surface area contributed by atoms with Gasteiger partial charge in [0.25, 0.3) is 5.91 Å². The van der Waals surface area contributed by atoms with Gasteiger partial charge >= 0.3 is 0 Å². The van der Waals surface area contributed by atoms with Crippen molar-refractivity contribution < 1.29 is 9.59 Å². The van der Waals surface area contributed by atoms with Crippen molar-refractivity contribution in [3.63, 3.8) is 0 Å². The minimum Gasteiger partial charge on any atom is -0.352 e. The van der Waals surface area contributed by atoms with Crippen LogP contribution in [0.3, 0.4) is 0 Å². The monoisotopic (exact) mass is 433 g/mol. The van der Waals surface area contributed by atoms with Gasteiger partial charge in [0.05, 0.1) is 22.9 Å². The molecule has 0 aliphatic carbocycles. The number of aromatic nitrogens is 3. The molecule has 7 nitrogen and oxygen atoms in total. The van der Waals surface area contributed by atoms with Crippen molar-refractivity contribution in [2.75, 3.05) is 11.9 Å². The first-order chi connectivity index (χ1) is 15.1. The van der Waals surface area contributed by atoms with Crippen LogP contribution in [0.4, 0.5) is 5.69 Å². The first-order valence-electron chi connectivity index (χ1n) is 9.82. The van der Waals surface area contributed by atoms with Crippen LogP contribution in [0.1, 0.15) is 23.2 Å². The highest BCUT2D eigenvalue weighted by Crippen LogP contribution is 2.17. The van der Waals surface area contributed by atoms with E-state index in [4.69, 9.17) is 11.6 Å². The minimum atomic E-state index is -0.191. The van der Waals surface area contributed by atoms with Crippen molar-refractivity contribution in [3.8, 4) is 5.82 Å². The van der Waals surface area contributed by atoms with E-state index in [0.29, 0.717) is 29.2 Å². The molecule has 0 saturated heterocycles. The second-order valence-corrected chi connectivity index (χ2v) is 7.36. The molecule has 0 aliphatic heterocycles. The summed E-state index contributed by atoms with van der Waals surface area (Å²) in [6, 6.07) is 18.1. The van der Waals surface area contributed by atoms with Gasteiger partial charge in [-0.1, -0.05) is 23.7 Å². The smallest absolute Gasteiger partial charge is 0.251 e. The van der Waals surface area contributed by atoms with Gasteiger partial charge in [0.15, 0.2) is 0 Å². The van der Waals surface area contributed by atoms with Crippen molar-refractivity contribution >= 4 is 40.1 Å². The number of pyridine rings is 1. The Labute approximate surface area is 184 Å². The molecule has 0 unspecified atom stereocenters. The van der Waals surface area contributed by atoms with Gasteiger partial charge in [-0.15, -0.1) is 0 Å². The lowest BCUT2D eigenvalue weighted by Crippen LogP contribution is -2.25. The molecule has 0 fully saturated rings. The quantitative estimate of drug-likeness (QED) is 0.427.